The Kier molecular flexibility index (Phi) is 3.17. The molecular formula is C13H12BrN3O. The molecule has 0 spiro atoms. The third-order valence-corrected chi connectivity index (χ3v) is 3.41. The fourth-order valence-electron chi connectivity index (χ4n) is 1.84. The van der Waals surface area contributed by atoms with Crippen LogP contribution in [0.4, 0.5) is 0 Å². The molecule has 2 N–H and O–H groups in total. The SMILES string of the molecule is Brc1ccoc1CNCc1nc2ccccc2[nH]1. The number of aromatic nitrogens is 2. The van der Waals surface area contributed by atoms with E-state index in [0.29, 0.717) is 13.1 Å². The molecule has 0 aliphatic heterocycles. The second-order valence-corrected chi connectivity index (χ2v) is 4.85. The van der Waals surface area contributed by atoms with Crippen LogP contribution in [0.25, 0.3) is 11.0 Å². The molecule has 1 aromatic carbocycles. The molecular weight excluding hydrogens is 294 g/mol. The van der Waals surface area contributed by atoms with Crippen LogP contribution in [-0.2, 0) is 13.1 Å². The van der Waals surface area contributed by atoms with Gasteiger partial charge in [-0.1, -0.05) is 12.1 Å². The Labute approximate surface area is 113 Å². The minimum absolute atomic E-state index is 0.671. The monoisotopic (exact) mass is 305 g/mol. The van der Waals surface area contributed by atoms with E-state index in [1.165, 1.54) is 0 Å². The van der Waals surface area contributed by atoms with Crippen LogP contribution in [0.5, 0.6) is 0 Å². The quantitative estimate of drug-likeness (QED) is 0.778. The van der Waals surface area contributed by atoms with E-state index in [-0.39, 0.29) is 0 Å². The zero-order valence-electron chi connectivity index (χ0n) is 9.61. The fourth-order valence-corrected chi connectivity index (χ4v) is 2.18. The largest absolute Gasteiger partial charge is 0.467 e. The standard InChI is InChI=1S/C13H12BrN3O/c14-9-5-6-18-12(9)7-15-8-13-16-10-3-1-2-4-11(10)17-13/h1-6,15H,7-8H2,(H,16,17). The van der Waals surface area contributed by atoms with E-state index < -0.39 is 0 Å². The number of imidazole rings is 1. The number of furan rings is 1. The third kappa shape index (κ3) is 2.32. The van der Waals surface area contributed by atoms with E-state index in [2.05, 4.69) is 31.2 Å². The molecule has 5 heteroatoms. The maximum atomic E-state index is 5.32. The van der Waals surface area contributed by atoms with Crippen LogP contribution in [0.1, 0.15) is 11.6 Å². The summed E-state index contributed by atoms with van der Waals surface area (Å²) in [6, 6.07) is 9.89. The van der Waals surface area contributed by atoms with Gasteiger partial charge in [0.1, 0.15) is 11.6 Å². The van der Waals surface area contributed by atoms with Gasteiger partial charge in [0.25, 0.3) is 0 Å². The Morgan fingerprint density at radius 3 is 2.89 bits per heavy atom. The van der Waals surface area contributed by atoms with Crippen molar-refractivity contribution in [2.75, 3.05) is 0 Å². The fraction of sp³-hybridized carbons (Fsp3) is 0.154. The lowest BCUT2D eigenvalue weighted by molar-refractivity contribution is 0.478. The highest BCUT2D eigenvalue weighted by Crippen LogP contribution is 2.17. The third-order valence-electron chi connectivity index (χ3n) is 2.71. The summed E-state index contributed by atoms with van der Waals surface area (Å²) in [6.07, 6.45) is 1.67. The maximum absolute atomic E-state index is 5.32. The molecule has 2 heterocycles. The van der Waals surface area contributed by atoms with Crippen molar-refractivity contribution < 1.29 is 4.42 Å². The molecule has 0 fully saturated rings. The Bertz CT molecular complexity index is 626. The van der Waals surface area contributed by atoms with E-state index in [1.807, 2.05) is 30.3 Å². The highest BCUT2D eigenvalue weighted by molar-refractivity contribution is 9.10. The number of H-pyrrole nitrogens is 1. The number of nitrogens with one attached hydrogen (secondary N) is 2. The second kappa shape index (κ2) is 4.96. The van der Waals surface area contributed by atoms with Gasteiger partial charge >= 0.3 is 0 Å². The number of benzene rings is 1. The number of aromatic amines is 1. The summed E-state index contributed by atoms with van der Waals surface area (Å²) in [7, 11) is 0. The van der Waals surface area contributed by atoms with E-state index in [1.54, 1.807) is 6.26 Å². The molecule has 0 unspecified atom stereocenters. The lowest BCUT2D eigenvalue weighted by atomic mass is 10.3. The molecule has 18 heavy (non-hydrogen) atoms. The molecule has 0 saturated heterocycles. The molecule has 0 bridgehead atoms. The van der Waals surface area contributed by atoms with Crippen molar-refractivity contribution in [3.63, 3.8) is 0 Å². The number of nitrogens with zero attached hydrogens (tertiary/aromatic N) is 1. The van der Waals surface area contributed by atoms with Crippen LogP contribution in [0.3, 0.4) is 0 Å². The maximum Gasteiger partial charge on any atom is 0.131 e. The number of para-hydroxylation sites is 2. The predicted octanol–water partition coefficient (Wildman–Crippen LogP) is 3.21. The average molecular weight is 306 g/mol. The first-order valence-electron chi connectivity index (χ1n) is 5.69. The smallest absolute Gasteiger partial charge is 0.131 e. The predicted molar refractivity (Wildman–Crippen MR) is 73.0 cm³/mol. The number of fused-ring (bicyclic) bond motifs is 1. The van der Waals surface area contributed by atoms with Gasteiger partial charge < -0.3 is 14.7 Å². The van der Waals surface area contributed by atoms with Crippen molar-refractivity contribution >= 4 is 27.0 Å². The highest BCUT2D eigenvalue weighted by Gasteiger charge is 2.04. The van der Waals surface area contributed by atoms with Crippen molar-refractivity contribution in [2.24, 2.45) is 0 Å². The topological polar surface area (TPSA) is 53.9 Å². The van der Waals surface area contributed by atoms with Gasteiger partial charge in [0, 0.05) is 0 Å². The van der Waals surface area contributed by atoms with E-state index in [0.717, 1.165) is 27.1 Å². The summed E-state index contributed by atoms with van der Waals surface area (Å²) in [4.78, 5) is 7.77. The van der Waals surface area contributed by atoms with Crippen LogP contribution < -0.4 is 5.32 Å². The lowest BCUT2D eigenvalue weighted by Crippen LogP contribution is -2.13. The minimum Gasteiger partial charge on any atom is -0.467 e. The zero-order valence-corrected chi connectivity index (χ0v) is 11.2. The molecule has 92 valence electrons. The van der Waals surface area contributed by atoms with Gasteiger partial charge in [0.2, 0.25) is 0 Å². The Hall–Kier alpha value is -1.59. The summed E-state index contributed by atoms with van der Waals surface area (Å²) >= 11 is 3.42. The molecule has 0 aliphatic rings. The first-order chi connectivity index (χ1) is 8.83. The van der Waals surface area contributed by atoms with Crippen LogP contribution in [0, 0.1) is 0 Å². The Balaban J connectivity index is 1.65. The molecule has 3 aromatic rings. The Morgan fingerprint density at radius 1 is 1.22 bits per heavy atom. The molecule has 4 nitrogen and oxygen atoms in total. The van der Waals surface area contributed by atoms with Gasteiger partial charge in [-0.25, -0.2) is 4.98 Å². The Morgan fingerprint density at radius 2 is 2.11 bits per heavy atom. The first-order valence-corrected chi connectivity index (χ1v) is 6.48. The zero-order chi connectivity index (χ0) is 12.4. The van der Waals surface area contributed by atoms with Crippen LogP contribution in [-0.4, -0.2) is 9.97 Å². The molecule has 0 amide bonds. The molecule has 0 aliphatic carbocycles. The average Bonchev–Trinajstić information content (AvgIpc) is 2.96. The number of rotatable bonds is 4. The molecule has 3 rings (SSSR count). The van der Waals surface area contributed by atoms with Crippen molar-refractivity contribution in [3.8, 4) is 0 Å². The van der Waals surface area contributed by atoms with E-state index in [4.69, 9.17) is 4.42 Å². The summed E-state index contributed by atoms with van der Waals surface area (Å²) in [5, 5.41) is 3.29. The summed E-state index contributed by atoms with van der Waals surface area (Å²) in [5.74, 6) is 1.82. The van der Waals surface area contributed by atoms with E-state index >= 15 is 0 Å². The van der Waals surface area contributed by atoms with Crippen molar-refractivity contribution in [3.05, 3.63) is 52.7 Å². The summed E-state index contributed by atoms with van der Waals surface area (Å²) in [6.45, 7) is 1.35. The number of hydrogen-bond acceptors (Lipinski definition) is 3. The minimum atomic E-state index is 0.671. The van der Waals surface area contributed by atoms with Gasteiger partial charge in [-0.3, -0.25) is 0 Å². The second-order valence-electron chi connectivity index (χ2n) is 4.00. The van der Waals surface area contributed by atoms with Gasteiger partial charge in [0.15, 0.2) is 0 Å². The van der Waals surface area contributed by atoms with Gasteiger partial charge in [-0.2, -0.15) is 0 Å². The van der Waals surface area contributed by atoms with Gasteiger partial charge in [-0.05, 0) is 34.1 Å². The van der Waals surface area contributed by atoms with Gasteiger partial charge in [-0.15, -0.1) is 0 Å². The van der Waals surface area contributed by atoms with Crippen LogP contribution >= 0.6 is 15.9 Å². The lowest BCUT2D eigenvalue weighted by Gasteiger charge is -2.00. The van der Waals surface area contributed by atoms with Crippen LogP contribution in [0.15, 0.2) is 45.5 Å². The van der Waals surface area contributed by atoms with E-state index in [9.17, 15) is 0 Å². The molecule has 0 saturated carbocycles. The summed E-state index contributed by atoms with van der Waals surface area (Å²) in [5.41, 5.74) is 2.06. The molecule has 2 aromatic heterocycles. The number of halogens is 1. The number of hydrogen-bond donors (Lipinski definition) is 2. The summed E-state index contributed by atoms with van der Waals surface area (Å²) < 4.78 is 6.31. The molecule has 0 radical (unpaired) electrons. The van der Waals surface area contributed by atoms with Gasteiger partial charge in [0.05, 0.1) is 34.9 Å². The van der Waals surface area contributed by atoms with Crippen molar-refractivity contribution in [2.45, 2.75) is 13.1 Å². The van der Waals surface area contributed by atoms with Crippen molar-refractivity contribution in [1.82, 2.24) is 15.3 Å². The normalized spacial score (nSPS) is 11.2. The van der Waals surface area contributed by atoms with Crippen LogP contribution in [0.2, 0.25) is 0 Å². The molecule has 0 atom stereocenters. The van der Waals surface area contributed by atoms with Crippen molar-refractivity contribution in [1.29, 1.82) is 0 Å². The first kappa shape index (κ1) is 11.5. The highest BCUT2D eigenvalue weighted by atomic mass is 79.9.